The second-order valence-electron chi connectivity index (χ2n) is 4.31. The van der Waals surface area contributed by atoms with Crippen LogP contribution < -0.4 is 0 Å². The average molecular weight is 228 g/mol. The zero-order valence-electron chi connectivity index (χ0n) is 10.1. The average Bonchev–Trinajstić information content (AvgIpc) is 2.35. The van der Waals surface area contributed by atoms with E-state index in [1.54, 1.807) is 12.4 Å². The van der Waals surface area contributed by atoms with E-state index in [1.165, 1.54) is 17.5 Å². The van der Waals surface area contributed by atoms with Crippen LogP contribution in [0, 0.1) is 13.8 Å². The Kier molecular flexibility index (Phi) is 3.49. The molecule has 0 saturated heterocycles. The number of aryl methyl sites for hydroxylation is 2. The fourth-order valence-electron chi connectivity index (χ4n) is 1.75. The molecule has 0 bridgehead atoms. The minimum Gasteiger partial charge on any atom is -0.388 e. The lowest BCUT2D eigenvalue weighted by atomic mass is 10.00. The zero-order chi connectivity index (χ0) is 12.3. The smallest absolute Gasteiger partial charge is 0.115 e. The Hall–Kier alpha value is -1.74. The van der Waals surface area contributed by atoms with E-state index in [0.29, 0.717) is 6.42 Å². The van der Waals surface area contributed by atoms with Gasteiger partial charge in [0, 0.05) is 24.4 Å². The zero-order valence-corrected chi connectivity index (χ0v) is 10.1. The van der Waals surface area contributed by atoms with Crippen LogP contribution in [0.4, 0.5) is 0 Å². The molecule has 0 saturated carbocycles. The maximum absolute atomic E-state index is 10.1. The van der Waals surface area contributed by atoms with Gasteiger partial charge in [-0.15, -0.1) is 0 Å². The number of hydrogen-bond acceptors (Lipinski definition) is 3. The third-order valence-corrected chi connectivity index (χ3v) is 2.97. The SMILES string of the molecule is Cc1ccc(CC(O)c2cncnc2)cc1C. The summed E-state index contributed by atoms with van der Waals surface area (Å²) in [4.78, 5) is 7.82. The first-order valence-electron chi connectivity index (χ1n) is 5.66. The number of benzene rings is 1. The van der Waals surface area contributed by atoms with E-state index in [2.05, 4.69) is 42.0 Å². The number of hydrogen-bond donors (Lipinski definition) is 1. The van der Waals surface area contributed by atoms with Crippen molar-refractivity contribution < 1.29 is 5.11 Å². The van der Waals surface area contributed by atoms with E-state index < -0.39 is 6.10 Å². The van der Waals surface area contributed by atoms with Gasteiger partial charge in [-0.05, 0) is 30.5 Å². The quantitative estimate of drug-likeness (QED) is 0.877. The second-order valence-corrected chi connectivity index (χ2v) is 4.31. The van der Waals surface area contributed by atoms with Crippen LogP contribution in [0.1, 0.15) is 28.4 Å². The standard InChI is InChI=1S/C14H16N2O/c1-10-3-4-12(5-11(10)2)6-14(17)13-7-15-9-16-8-13/h3-5,7-9,14,17H,6H2,1-2H3. The molecule has 0 fully saturated rings. The molecule has 1 aromatic heterocycles. The summed E-state index contributed by atoms with van der Waals surface area (Å²) in [7, 11) is 0. The van der Waals surface area contributed by atoms with E-state index >= 15 is 0 Å². The van der Waals surface area contributed by atoms with Crippen molar-refractivity contribution in [3.05, 3.63) is 59.2 Å². The van der Waals surface area contributed by atoms with Gasteiger partial charge < -0.3 is 5.11 Å². The highest BCUT2D eigenvalue weighted by Crippen LogP contribution is 2.18. The van der Waals surface area contributed by atoms with Crippen molar-refractivity contribution in [1.29, 1.82) is 0 Å². The van der Waals surface area contributed by atoms with Gasteiger partial charge in [0.05, 0.1) is 6.10 Å². The molecule has 0 amide bonds. The monoisotopic (exact) mass is 228 g/mol. The number of nitrogens with zero attached hydrogens (tertiary/aromatic N) is 2. The molecule has 2 rings (SSSR count). The number of aliphatic hydroxyl groups is 1. The molecule has 0 radical (unpaired) electrons. The molecular formula is C14H16N2O. The van der Waals surface area contributed by atoms with Crippen LogP contribution in [0.5, 0.6) is 0 Å². The first-order valence-corrected chi connectivity index (χ1v) is 5.66. The highest BCUT2D eigenvalue weighted by Gasteiger charge is 2.09. The van der Waals surface area contributed by atoms with Crippen LogP contribution in [0.3, 0.4) is 0 Å². The lowest BCUT2D eigenvalue weighted by Crippen LogP contribution is -2.03. The summed E-state index contributed by atoms with van der Waals surface area (Å²) < 4.78 is 0. The molecule has 0 aliphatic carbocycles. The first-order chi connectivity index (χ1) is 8.16. The molecule has 88 valence electrons. The first kappa shape index (κ1) is 11.7. The maximum Gasteiger partial charge on any atom is 0.115 e. The lowest BCUT2D eigenvalue weighted by molar-refractivity contribution is 0.177. The van der Waals surface area contributed by atoms with E-state index in [9.17, 15) is 5.11 Å². The number of aromatic nitrogens is 2. The molecule has 1 aromatic carbocycles. The molecular weight excluding hydrogens is 212 g/mol. The summed E-state index contributed by atoms with van der Waals surface area (Å²) in [5.41, 5.74) is 4.40. The van der Waals surface area contributed by atoms with Crippen LogP contribution in [-0.2, 0) is 6.42 Å². The van der Waals surface area contributed by atoms with Gasteiger partial charge in [-0.2, -0.15) is 0 Å². The van der Waals surface area contributed by atoms with Crippen LogP contribution in [-0.4, -0.2) is 15.1 Å². The summed E-state index contributed by atoms with van der Waals surface area (Å²) in [6, 6.07) is 6.25. The summed E-state index contributed by atoms with van der Waals surface area (Å²) in [6.07, 6.45) is 4.82. The van der Waals surface area contributed by atoms with Crippen molar-refractivity contribution >= 4 is 0 Å². The van der Waals surface area contributed by atoms with Crippen LogP contribution >= 0.6 is 0 Å². The van der Waals surface area contributed by atoms with Gasteiger partial charge in [0.15, 0.2) is 0 Å². The van der Waals surface area contributed by atoms with Crippen molar-refractivity contribution in [2.45, 2.75) is 26.4 Å². The van der Waals surface area contributed by atoms with Gasteiger partial charge in [-0.25, -0.2) is 9.97 Å². The Bertz CT molecular complexity index is 497. The Morgan fingerprint density at radius 1 is 1.12 bits per heavy atom. The Morgan fingerprint density at radius 3 is 2.47 bits per heavy atom. The number of aliphatic hydroxyl groups excluding tert-OH is 1. The molecule has 3 heteroatoms. The molecule has 3 nitrogen and oxygen atoms in total. The van der Waals surface area contributed by atoms with Crippen molar-refractivity contribution in [1.82, 2.24) is 9.97 Å². The van der Waals surface area contributed by atoms with Crippen LogP contribution in [0.25, 0.3) is 0 Å². The number of rotatable bonds is 3. The van der Waals surface area contributed by atoms with Gasteiger partial charge in [-0.1, -0.05) is 18.2 Å². The molecule has 1 atom stereocenters. The van der Waals surface area contributed by atoms with Gasteiger partial charge in [0.2, 0.25) is 0 Å². The highest BCUT2D eigenvalue weighted by molar-refractivity contribution is 5.30. The summed E-state index contributed by atoms with van der Waals surface area (Å²) >= 11 is 0. The maximum atomic E-state index is 10.1. The Morgan fingerprint density at radius 2 is 1.82 bits per heavy atom. The van der Waals surface area contributed by atoms with Gasteiger partial charge in [0.25, 0.3) is 0 Å². The topological polar surface area (TPSA) is 46.0 Å². The van der Waals surface area contributed by atoms with E-state index in [0.717, 1.165) is 11.1 Å². The molecule has 0 aliphatic rings. The Balaban J connectivity index is 2.13. The van der Waals surface area contributed by atoms with Crippen molar-refractivity contribution in [2.75, 3.05) is 0 Å². The van der Waals surface area contributed by atoms with E-state index in [-0.39, 0.29) is 0 Å². The predicted molar refractivity (Wildman–Crippen MR) is 66.6 cm³/mol. The highest BCUT2D eigenvalue weighted by atomic mass is 16.3. The largest absolute Gasteiger partial charge is 0.388 e. The summed E-state index contributed by atoms with van der Waals surface area (Å²) in [5.74, 6) is 0. The molecule has 1 heterocycles. The van der Waals surface area contributed by atoms with E-state index in [1.807, 2.05) is 0 Å². The lowest BCUT2D eigenvalue weighted by Gasteiger charge is -2.11. The molecule has 17 heavy (non-hydrogen) atoms. The predicted octanol–water partition coefficient (Wildman–Crippen LogP) is 2.37. The van der Waals surface area contributed by atoms with Crippen molar-refractivity contribution in [2.24, 2.45) is 0 Å². The summed E-state index contributed by atoms with van der Waals surface area (Å²) in [6.45, 7) is 4.16. The normalized spacial score (nSPS) is 12.4. The van der Waals surface area contributed by atoms with Gasteiger partial charge in [-0.3, -0.25) is 0 Å². The van der Waals surface area contributed by atoms with E-state index in [4.69, 9.17) is 0 Å². The minimum absolute atomic E-state index is 0.543. The fraction of sp³-hybridized carbons (Fsp3) is 0.286. The van der Waals surface area contributed by atoms with Crippen molar-refractivity contribution in [3.63, 3.8) is 0 Å². The third kappa shape index (κ3) is 2.88. The third-order valence-electron chi connectivity index (χ3n) is 2.97. The summed E-state index contributed by atoms with van der Waals surface area (Å²) in [5, 5.41) is 10.1. The molecule has 1 unspecified atom stereocenters. The minimum atomic E-state index is -0.543. The second kappa shape index (κ2) is 5.06. The fourth-order valence-corrected chi connectivity index (χ4v) is 1.75. The molecule has 0 aliphatic heterocycles. The van der Waals surface area contributed by atoms with Crippen LogP contribution in [0.15, 0.2) is 36.9 Å². The van der Waals surface area contributed by atoms with Gasteiger partial charge >= 0.3 is 0 Å². The molecule has 2 aromatic rings. The Labute approximate surface area is 101 Å². The molecule has 1 N–H and O–H groups in total. The van der Waals surface area contributed by atoms with Crippen LogP contribution in [0.2, 0.25) is 0 Å². The van der Waals surface area contributed by atoms with Crippen molar-refractivity contribution in [3.8, 4) is 0 Å². The molecule has 0 spiro atoms. The van der Waals surface area contributed by atoms with Gasteiger partial charge in [0.1, 0.15) is 6.33 Å².